The first-order chi connectivity index (χ1) is 19.7. The van der Waals surface area contributed by atoms with E-state index in [0.29, 0.717) is 31.1 Å². The van der Waals surface area contributed by atoms with E-state index >= 15 is 0 Å². The van der Waals surface area contributed by atoms with Crippen molar-refractivity contribution in [3.8, 4) is 0 Å². The van der Waals surface area contributed by atoms with E-state index < -0.39 is 40.2 Å². The molecule has 4 rings (SSSR count). The summed E-state index contributed by atoms with van der Waals surface area (Å²) in [4.78, 5) is 28.4. The SMILES string of the molecule is CC.Cc1ccc(Nc2c(C(=O)N3CC(O)(CNCC4CCN(C(=O)OC(C)(C)C)CC4)C3)ccc(F)c2F)c(F)c1. The van der Waals surface area contributed by atoms with Crippen LogP contribution in [0.25, 0.3) is 0 Å². The highest BCUT2D eigenvalue weighted by molar-refractivity contribution is 6.01. The van der Waals surface area contributed by atoms with Crippen molar-refractivity contribution in [2.45, 2.75) is 65.6 Å². The number of anilines is 2. The van der Waals surface area contributed by atoms with Gasteiger partial charge in [0.15, 0.2) is 11.6 Å². The summed E-state index contributed by atoms with van der Waals surface area (Å²) in [5.74, 6) is -3.40. The van der Waals surface area contributed by atoms with Gasteiger partial charge in [-0.1, -0.05) is 19.9 Å². The van der Waals surface area contributed by atoms with Gasteiger partial charge in [-0.15, -0.1) is 0 Å². The Morgan fingerprint density at radius 2 is 1.67 bits per heavy atom. The fraction of sp³-hybridized carbons (Fsp3) is 0.548. The van der Waals surface area contributed by atoms with Crippen molar-refractivity contribution in [1.29, 1.82) is 0 Å². The lowest BCUT2D eigenvalue weighted by Gasteiger charge is -2.47. The molecule has 0 unspecified atom stereocenters. The van der Waals surface area contributed by atoms with Crippen LogP contribution < -0.4 is 10.6 Å². The van der Waals surface area contributed by atoms with Gasteiger partial charge in [0.05, 0.1) is 30.0 Å². The summed E-state index contributed by atoms with van der Waals surface area (Å²) < 4.78 is 48.5. The van der Waals surface area contributed by atoms with Gasteiger partial charge in [0.2, 0.25) is 0 Å². The molecule has 2 heterocycles. The number of likely N-dealkylation sites (tertiary alicyclic amines) is 2. The maximum absolute atomic E-state index is 14.7. The molecule has 0 bridgehead atoms. The van der Waals surface area contributed by atoms with Gasteiger partial charge in [0, 0.05) is 19.6 Å². The maximum atomic E-state index is 14.7. The predicted octanol–water partition coefficient (Wildman–Crippen LogP) is 5.61. The molecule has 0 aliphatic carbocycles. The van der Waals surface area contributed by atoms with Crippen molar-refractivity contribution in [3.63, 3.8) is 0 Å². The number of hydrogen-bond acceptors (Lipinski definition) is 6. The number of hydrogen-bond donors (Lipinski definition) is 3. The summed E-state index contributed by atoms with van der Waals surface area (Å²) in [5, 5.41) is 16.7. The molecule has 11 heteroatoms. The molecule has 0 radical (unpaired) electrons. The lowest BCUT2D eigenvalue weighted by Crippen LogP contribution is -2.67. The van der Waals surface area contributed by atoms with Gasteiger partial charge in [-0.05, 0) is 82.8 Å². The average Bonchev–Trinajstić information content (AvgIpc) is 2.91. The molecule has 0 aromatic heterocycles. The first-order valence-electron chi connectivity index (χ1n) is 14.5. The molecular formula is C31H43F3N4O4. The van der Waals surface area contributed by atoms with Crippen molar-refractivity contribution in [2.24, 2.45) is 5.92 Å². The number of aryl methyl sites for hydroxylation is 1. The number of nitrogens with zero attached hydrogens (tertiary/aromatic N) is 2. The van der Waals surface area contributed by atoms with Crippen LogP contribution in [-0.2, 0) is 4.74 Å². The molecule has 0 spiro atoms. The van der Waals surface area contributed by atoms with E-state index in [1.54, 1.807) is 17.9 Å². The highest BCUT2D eigenvalue weighted by Gasteiger charge is 2.44. The minimum Gasteiger partial charge on any atom is -0.444 e. The summed E-state index contributed by atoms with van der Waals surface area (Å²) in [7, 11) is 0. The van der Waals surface area contributed by atoms with Crippen molar-refractivity contribution < 1.29 is 32.6 Å². The largest absolute Gasteiger partial charge is 0.444 e. The van der Waals surface area contributed by atoms with Crippen LogP contribution in [0.3, 0.4) is 0 Å². The highest BCUT2D eigenvalue weighted by atomic mass is 19.2. The Hall–Kier alpha value is -3.31. The zero-order valence-electron chi connectivity index (χ0n) is 25.3. The van der Waals surface area contributed by atoms with Crippen LogP contribution in [0.2, 0.25) is 0 Å². The predicted molar refractivity (Wildman–Crippen MR) is 156 cm³/mol. The van der Waals surface area contributed by atoms with E-state index in [1.807, 2.05) is 34.6 Å². The lowest BCUT2D eigenvalue weighted by atomic mass is 9.91. The van der Waals surface area contributed by atoms with Crippen LogP contribution in [0.15, 0.2) is 30.3 Å². The molecule has 2 saturated heterocycles. The molecular weight excluding hydrogens is 549 g/mol. The molecule has 2 aliphatic rings. The number of nitrogens with one attached hydrogen (secondary N) is 2. The molecule has 0 atom stereocenters. The number of benzene rings is 2. The number of piperidine rings is 1. The molecule has 0 saturated carbocycles. The Balaban J connectivity index is 0.00000237. The van der Waals surface area contributed by atoms with Crippen molar-refractivity contribution in [3.05, 3.63) is 58.9 Å². The Labute approximate surface area is 246 Å². The van der Waals surface area contributed by atoms with Gasteiger partial charge in [0.1, 0.15) is 17.0 Å². The van der Waals surface area contributed by atoms with Gasteiger partial charge in [-0.2, -0.15) is 0 Å². The number of ether oxygens (including phenoxy) is 1. The van der Waals surface area contributed by atoms with E-state index in [4.69, 9.17) is 4.74 Å². The van der Waals surface area contributed by atoms with Gasteiger partial charge in [-0.3, -0.25) is 4.79 Å². The van der Waals surface area contributed by atoms with Crippen LogP contribution in [0, 0.1) is 30.3 Å². The van der Waals surface area contributed by atoms with Gasteiger partial charge in [-0.25, -0.2) is 18.0 Å². The first-order valence-corrected chi connectivity index (χ1v) is 14.5. The molecule has 2 aromatic carbocycles. The lowest BCUT2D eigenvalue weighted by molar-refractivity contribution is -0.0789. The minimum atomic E-state index is -1.29. The second-order valence-corrected chi connectivity index (χ2v) is 11.8. The fourth-order valence-electron chi connectivity index (χ4n) is 4.95. The van der Waals surface area contributed by atoms with Crippen LogP contribution in [-0.4, -0.2) is 77.4 Å². The molecule has 8 nitrogen and oxygen atoms in total. The molecule has 2 aliphatic heterocycles. The molecule has 3 N–H and O–H groups in total. The minimum absolute atomic E-state index is 0.00719. The van der Waals surface area contributed by atoms with Crippen LogP contribution in [0.4, 0.5) is 29.3 Å². The summed E-state index contributed by atoms with van der Waals surface area (Å²) in [6, 6.07) is 6.24. The summed E-state index contributed by atoms with van der Waals surface area (Å²) in [6.07, 6.45) is 1.31. The number of halogens is 3. The normalized spacial score (nSPS) is 16.7. The number of rotatable bonds is 7. The average molecular weight is 593 g/mol. The van der Waals surface area contributed by atoms with Crippen molar-refractivity contribution in [2.75, 3.05) is 44.6 Å². The van der Waals surface area contributed by atoms with Crippen LogP contribution in [0.5, 0.6) is 0 Å². The van der Waals surface area contributed by atoms with Crippen molar-refractivity contribution >= 4 is 23.4 Å². The maximum Gasteiger partial charge on any atom is 0.410 e. The number of β-amino-alcohol motifs (C(OH)–C–C–N with tert-alkyl or cyclic N) is 1. The fourth-order valence-corrected chi connectivity index (χ4v) is 4.95. The van der Waals surface area contributed by atoms with Gasteiger partial charge in [0.25, 0.3) is 5.91 Å². The first kappa shape index (κ1) is 33.2. The van der Waals surface area contributed by atoms with Crippen molar-refractivity contribution in [1.82, 2.24) is 15.1 Å². The smallest absolute Gasteiger partial charge is 0.410 e. The highest BCUT2D eigenvalue weighted by Crippen LogP contribution is 2.31. The standard InChI is InChI=1S/C29H37F3N4O4.C2H6/c1-18-5-8-23(22(31)13-18)34-25-20(6-7-21(30)24(25)32)26(37)36-16-29(39,17-36)15-33-14-19-9-11-35(12-10-19)27(38)40-28(2,3)4;1-2/h5-8,13,19,33-34,39H,9-12,14-17H2,1-4H3;1-2H3. The van der Waals surface area contributed by atoms with E-state index in [2.05, 4.69) is 10.6 Å². The number of aliphatic hydroxyl groups is 1. The topological polar surface area (TPSA) is 94.1 Å². The summed E-state index contributed by atoms with van der Waals surface area (Å²) in [5.41, 5.74) is -1.76. The van der Waals surface area contributed by atoms with Gasteiger partial charge < -0.3 is 30.3 Å². The summed E-state index contributed by atoms with van der Waals surface area (Å²) in [6.45, 7) is 13.3. The molecule has 232 valence electrons. The van der Waals surface area contributed by atoms with E-state index in [-0.39, 0.29) is 37.0 Å². The Kier molecular flexibility index (Phi) is 10.9. The van der Waals surface area contributed by atoms with E-state index in [0.717, 1.165) is 25.0 Å². The second-order valence-electron chi connectivity index (χ2n) is 11.8. The molecule has 42 heavy (non-hydrogen) atoms. The third-order valence-electron chi connectivity index (χ3n) is 7.12. The number of carbonyl (C=O) groups excluding carboxylic acids is 2. The Morgan fingerprint density at radius 3 is 2.26 bits per heavy atom. The van der Waals surface area contributed by atoms with E-state index in [1.165, 1.54) is 17.0 Å². The molecule has 2 amide bonds. The van der Waals surface area contributed by atoms with Crippen LogP contribution >= 0.6 is 0 Å². The monoisotopic (exact) mass is 592 g/mol. The zero-order valence-corrected chi connectivity index (χ0v) is 25.3. The zero-order chi connectivity index (χ0) is 31.2. The molecule has 2 aromatic rings. The number of amides is 2. The third-order valence-corrected chi connectivity index (χ3v) is 7.12. The second kappa shape index (κ2) is 13.8. The van der Waals surface area contributed by atoms with Gasteiger partial charge >= 0.3 is 6.09 Å². The summed E-state index contributed by atoms with van der Waals surface area (Å²) >= 11 is 0. The quantitative estimate of drug-likeness (QED) is 0.387. The number of carbonyl (C=O) groups is 2. The Morgan fingerprint density at radius 1 is 1.02 bits per heavy atom. The third kappa shape index (κ3) is 8.38. The Bertz CT molecular complexity index is 1250. The van der Waals surface area contributed by atoms with Crippen LogP contribution in [0.1, 0.15) is 63.4 Å². The molecule has 2 fully saturated rings. The van der Waals surface area contributed by atoms with E-state index in [9.17, 15) is 27.9 Å².